The summed E-state index contributed by atoms with van der Waals surface area (Å²) in [6, 6.07) is 1.97. The quantitative estimate of drug-likeness (QED) is 0.137. The van der Waals surface area contributed by atoms with Crippen molar-refractivity contribution in [3.63, 3.8) is 0 Å². The molecule has 7 atom stereocenters. The molecule has 4 rings (SSSR count). The van der Waals surface area contributed by atoms with Gasteiger partial charge in [0, 0.05) is 18.7 Å². The number of carbonyl (C=O) groups excluding carboxylic acids is 5. The lowest BCUT2D eigenvalue weighted by atomic mass is 9.96. The molecule has 0 aromatic heterocycles. The molecule has 3 heterocycles. The van der Waals surface area contributed by atoms with E-state index in [1.807, 2.05) is 27.7 Å². The molecular weight excluding hydrogens is 745 g/mol. The Balaban J connectivity index is 1.66. The first-order valence-corrected chi connectivity index (χ1v) is 20.0. The Labute approximate surface area is 330 Å². The maximum absolute atomic E-state index is 14.3. The van der Waals surface area contributed by atoms with Gasteiger partial charge in [-0.3, -0.25) is 38.8 Å². The molecule has 0 unspecified atom stereocenters. The average Bonchev–Trinajstić information content (AvgIpc) is 3.83. The molecule has 0 spiro atoms. The van der Waals surface area contributed by atoms with Crippen molar-refractivity contribution < 1.29 is 43.8 Å². The number of nitrogens with zero attached hydrogens (tertiary/aromatic N) is 3. The van der Waals surface area contributed by atoms with E-state index in [4.69, 9.17) is 0 Å². The number of carboxylic acid groups (broad SMARTS) is 2. The van der Waals surface area contributed by atoms with Gasteiger partial charge in [-0.15, -0.1) is 11.8 Å². The first kappa shape index (κ1) is 43.7. The van der Waals surface area contributed by atoms with Crippen molar-refractivity contribution in [3.05, 3.63) is 35.9 Å². The largest absolute Gasteiger partial charge is 0.481 e. The zero-order valence-corrected chi connectivity index (χ0v) is 33.4. The Hall–Kier alpha value is -5.00. The second kappa shape index (κ2) is 19.7. The molecule has 0 bridgehead atoms. The predicted molar refractivity (Wildman–Crippen MR) is 210 cm³/mol. The average molecular weight is 799 g/mol. The van der Waals surface area contributed by atoms with Crippen LogP contribution in [0.3, 0.4) is 0 Å². The van der Waals surface area contributed by atoms with Crippen LogP contribution in [0, 0.1) is 17.8 Å². The summed E-state index contributed by atoms with van der Waals surface area (Å²) in [5.41, 5.74) is 0.701. The number of aliphatic carboxylic acids is 2. The molecule has 3 aliphatic rings. The van der Waals surface area contributed by atoms with E-state index in [0.29, 0.717) is 24.9 Å². The van der Waals surface area contributed by atoms with Gasteiger partial charge in [-0.05, 0) is 36.2 Å². The molecule has 1 aromatic rings. The SMILES string of the molecule is CC(C)[C@@H]1NC(=O)[C@@H]2CCCN2C(=O)CN=C(N[C@H](C(=O)N[C@@H](Cc2ccccc2)C(=O)N[C@@H](CC(=O)O)C2=N[C@H](C(=O)O)CS2)C(C)C)[C@H](C(C)C)NC1=O. The lowest BCUT2D eigenvalue weighted by Crippen LogP contribution is -2.62. The molecule has 0 saturated carbocycles. The molecular formula is C38H54N8O9S. The number of benzene rings is 1. The number of amidine groups is 1. The Kier molecular flexibility index (Phi) is 15.4. The van der Waals surface area contributed by atoms with Crippen LogP contribution in [-0.2, 0) is 40.0 Å². The van der Waals surface area contributed by atoms with Crippen molar-refractivity contribution >= 4 is 64.1 Å². The van der Waals surface area contributed by atoms with Gasteiger partial charge in [0.2, 0.25) is 29.5 Å². The minimum atomic E-state index is -1.24. The summed E-state index contributed by atoms with van der Waals surface area (Å²) in [7, 11) is 0. The number of nitrogens with one attached hydrogen (secondary N) is 5. The van der Waals surface area contributed by atoms with Gasteiger partial charge in [-0.2, -0.15) is 0 Å². The van der Waals surface area contributed by atoms with Crippen LogP contribution in [0.25, 0.3) is 0 Å². The zero-order chi connectivity index (χ0) is 41.3. The molecule has 306 valence electrons. The van der Waals surface area contributed by atoms with E-state index in [1.54, 1.807) is 44.2 Å². The molecule has 5 amide bonds. The highest BCUT2D eigenvalue weighted by Crippen LogP contribution is 2.23. The molecule has 0 aliphatic carbocycles. The molecule has 3 aliphatic heterocycles. The minimum Gasteiger partial charge on any atom is -0.481 e. The number of thioether (sulfide) groups is 1. The standard InChI is InChI=1S/C38H54N8O9S/c1-19(2)29-32(39-17-27(47)46-14-10-13-26(46)34(51)45-31(21(5)6)36(53)44-29)43-30(20(3)4)35(52)40-23(15-22-11-8-7-9-12-22)33(50)41-24(16-28(48)49)37-42-25(18-56-37)38(54)55/h7-9,11-12,19-21,23-26,29-31H,10,13-18H2,1-6H3,(H,39,43)(H,40,52)(H,41,50)(H,44,53)(H,45,51)(H,48,49)(H,54,55)/t23-,24-,25-,26-,29-,30-,31-/m0/s1. The Morgan fingerprint density at radius 3 is 2.16 bits per heavy atom. The molecule has 1 aromatic carbocycles. The molecule has 7 N–H and O–H groups in total. The third-order valence-corrected chi connectivity index (χ3v) is 11.1. The topological polar surface area (TPSA) is 248 Å². The van der Waals surface area contributed by atoms with Crippen LogP contribution in [0.4, 0.5) is 0 Å². The molecule has 0 radical (unpaired) electrons. The predicted octanol–water partition coefficient (Wildman–Crippen LogP) is 0.571. The summed E-state index contributed by atoms with van der Waals surface area (Å²) in [4.78, 5) is 103. The van der Waals surface area contributed by atoms with E-state index >= 15 is 0 Å². The number of aliphatic imine (C=N–C) groups is 2. The fourth-order valence-corrected chi connectivity index (χ4v) is 7.86. The Morgan fingerprint density at radius 1 is 0.911 bits per heavy atom. The second-order valence-electron chi connectivity index (χ2n) is 15.3. The lowest BCUT2D eigenvalue weighted by Gasteiger charge is -2.34. The first-order valence-electron chi connectivity index (χ1n) is 19.0. The van der Waals surface area contributed by atoms with Crippen molar-refractivity contribution in [2.24, 2.45) is 27.7 Å². The number of carbonyl (C=O) groups is 7. The van der Waals surface area contributed by atoms with Crippen LogP contribution in [-0.4, -0.2) is 129 Å². The van der Waals surface area contributed by atoms with Crippen LogP contribution >= 0.6 is 11.8 Å². The van der Waals surface area contributed by atoms with Crippen molar-refractivity contribution in [2.75, 3.05) is 18.8 Å². The fourth-order valence-electron chi connectivity index (χ4n) is 6.76. The number of hydrogen-bond donors (Lipinski definition) is 7. The van der Waals surface area contributed by atoms with Gasteiger partial charge in [0.05, 0.1) is 23.5 Å². The van der Waals surface area contributed by atoms with E-state index in [2.05, 4.69) is 36.6 Å². The van der Waals surface area contributed by atoms with Crippen LogP contribution in [0.15, 0.2) is 40.3 Å². The lowest BCUT2D eigenvalue weighted by molar-refractivity contribution is -0.139. The number of hydrogen-bond acceptors (Lipinski definition) is 11. The van der Waals surface area contributed by atoms with E-state index < -0.39 is 90.2 Å². The van der Waals surface area contributed by atoms with Crippen LogP contribution in [0.1, 0.15) is 66.4 Å². The van der Waals surface area contributed by atoms with Gasteiger partial charge in [0.1, 0.15) is 36.5 Å². The number of rotatable bonds is 14. The van der Waals surface area contributed by atoms with Crippen LogP contribution < -0.4 is 26.6 Å². The molecule has 56 heavy (non-hydrogen) atoms. The Bertz CT molecular complexity index is 1700. The van der Waals surface area contributed by atoms with Crippen molar-refractivity contribution in [2.45, 2.75) is 110 Å². The van der Waals surface area contributed by atoms with E-state index in [9.17, 15) is 43.8 Å². The van der Waals surface area contributed by atoms with Gasteiger partial charge in [-0.1, -0.05) is 71.9 Å². The highest BCUT2D eigenvalue weighted by atomic mass is 32.2. The van der Waals surface area contributed by atoms with Gasteiger partial charge in [0.15, 0.2) is 6.04 Å². The van der Waals surface area contributed by atoms with Crippen LogP contribution in [0.5, 0.6) is 0 Å². The Morgan fingerprint density at radius 2 is 1.57 bits per heavy atom. The highest BCUT2D eigenvalue weighted by molar-refractivity contribution is 8.14. The van der Waals surface area contributed by atoms with Gasteiger partial charge in [0.25, 0.3) is 0 Å². The van der Waals surface area contributed by atoms with Crippen LogP contribution in [0.2, 0.25) is 0 Å². The highest BCUT2D eigenvalue weighted by Gasteiger charge is 2.39. The van der Waals surface area contributed by atoms with Crippen molar-refractivity contribution in [1.82, 2.24) is 31.5 Å². The molecule has 1 saturated heterocycles. The summed E-state index contributed by atoms with van der Waals surface area (Å²) in [5, 5.41) is 33.8. The molecule has 18 heteroatoms. The number of fused-ring (bicyclic) bond motifs is 1. The fraction of sp³-hybridized carbons (Fsp3) is 0.605. The van der Waals surface area contributed by atoms with Crippen molar-refractivity contribution in [1.29, 1.82) is 0 Å². The number of amides is 5. The summed E-state index contributed by atoms with van der Waals surface area (Å²) in [6.45, 7) is 10.9. The van der Waals surface area contributed by atoms with Gasteiger partial charge < -0.3 is 41.7 Å². The molecule has 1 fully saturated rings. The minimum absolute atomic E-state index is 0.0276. The summed E-state index contributed by atoms with van der Waals surface area (Å²) >= 11 is 1.05. The maximum atomic E-state index is 14.3. The third-order valence-electron chi connectivity index (χ3n) is 9.89. The maximum Gasteiger partial charge on any atom is 0.329 e. The summed E-state index contributed by atoms with van der Waals surface area (Å²) in [6.07, 6.45) is 0.534. The summed E-state index contributed by atoms with van der Waals surface area (Å²) < 4.78 is 0. The third kappa shape index (κ3) is 11.5. The van der Waals surface area contributed by atoms with E-state index in [0.717, 1.165) is 11.8 Å². The monoisotopic (exact) mass is 798 g/mol. The smallest absolute Gasteiger partial charge is 0.329 e. The van der Waals surface area contributed by atoms with Crippen molar-refractivity contribution in [3.8, 4) is 0 Å². The first-order chi connectivity index (χ1) is 26.5. The summed E-state index contributed by atoms with van der Waals surface area (Å²) in [5.74, 6) is -5.67. The second-order valence-corrected chi connectivity index (χ2v) is 16.4. The zero-order valence-electron chi connectivity index (χ0n) is 32.6. The van der Waals surface area contributed by atoms with E-state index in [-0.39, 0.29) is 47.3 Å². The normalized spacial score (nSPS) is 23.4. The van der Waals surface area contributed by atoms with Gasteiger partial charge in [-0.25, -0.2) is 4.79 Å². The van der Waals surface area contributed by atoms with Gasteiger partial charge >= 0.3 is 11.9 Å². The van der Waals surface area contributed by atoms with E-state index in [1.165, 1.54) is 4.90 Å². The number of carboxylic acids is 2. The molecule has 17 nitrogen and oxygen atoms in total.